The zero-order valence-electron chi connectivity index (χ0n) is 8.39. The molecule has 0 unspecified atom stereocenters. The number of methoxy groups -OCH3 is 1. The number of hydrogen-bond donors (Lipinski definition) is 1. The lowest BCUT2D eigenvalue weighted by atomic mass is 10.3. The molecule has 3 nitrogen and oxygen atoms in total. The van der Waals surface area contributed by atoms with E-state index in [0.717, 1.165) is 38.4 Å². The van der Waals surface area contributed by atoms with Crippen molar-refractivity contribution in [2.45, 2.75) is 26.7 Å². The van der Waals surface area contributed by atoms with Gasteiger partial charge in [-0.25, -0.2) is 0 Å². The Morgan fingerprint density at radius 1 is 1.33 bits per heavy atom. The molecule has 0 aromatic rings. The van der Waals surface area contributed by atoms with Gasteiger partial charge in [-0.05, 0) is 20.3 Å². The second-order valence-corrected chi connectivity index (χ2v) is 2.72. The van der Waals surface area contributed by atoms with Gasteiger partial charge in [0.25, 0.3) is 0 Å². The maximum atomic E-state index is 7.69. The third kappa shape index (κ3) is 4.34. The van der Waals surface area contributed by atoms with Gasteiger partial charge in [-0.1, -0.05) is 0 Å². The van der Waals surface area contributed by atoms with E-state index >= 15 is 0 Å². The van der Waals surface area contributed by atoms with E-state index in [2.05, 4.69) is 18.7 Å². The summed E-state index contributed by atoms with van der Waals surface area (Å²) in [7, 11) is 1.70. The molecule has 0 atom stereocenters. The summed E-state index contributed by atoms with van der Waals surface area (Å²) >= 11 is 0. The Morgan fingerprint density at radius 3 is 2.33 bits per heavy atom. The molecule has 0 saturated heterocycles. The van der Waals surface area contributed by atoms with E-state index in [1.165, 1.54) is 0 Å². The molecular formula is C9H20N2O. The highest BCUT2D eigenvalue weighted by Crippen LogP contribution is 1.97. The van der Waals surface area contributed by atoms with Gasteiger partial charge in [-0.3, -0.25) is 5.41 Å². The zero-order valence-corrected chi connectivity index (χ0v) is 8.39. The summed E-state index contributed by atoms with van der Waals surface area (Å²) in [5, 5.41) is 7.69. The van der Waals surface area contributed by atoms with Gasteiger partial charge in [0.2, 0.25) is 0 Å². The highest BCUT2D eigenvalue weighted by molar-refractivity contribution is 5.78. The summed E-state index contributed by atoms with van der Waals surface area (Å²) in [5.74, 6) is 0.733. The minimum atomic E-state index is 0.733. The second-order valence-electron chi connectivity index (χ2n) is 2.72. The van der Waals surface area contributed by atoms with Gasteiger partial charge in [0.05, 0.1) is 5.84 Å². The van der Waals surface area contributed by atoms with E-state index in [1.54, 1.807) is 7.11 Å². The highest BCUT2D eigenvalue weighted by Gasteiger charge is 2.03. The van der Waals surface area contributed by atoms with Crippen molar-refractivity contribution < 1.29 is 4.74 Å². The van der Waals surface area contributed by atoms with Crippen LogP contribution in [0, 0.1) is 5.41 Å². The normalized spacial score (nSPS) is 9.92. The Balaban J connectivity index is 3.54. The SMILES string of the molecule is CCN(CC)C(=N)CCCOC. The number of nitrogens with zero attached hydrogens (tertiary/aromatic N) is 1. The van der Waals surface area contributed by atoms with Crippen LogP contribution in [0.15, 0.2) is 0 Å². The van der Waals surface area contributed by atoms with Gasteiger partial charge in [0, 0.05) is 33.2 Å². The largest absolute Gasteiger partial charge is 0.385 e. The molecule has 0 aromatic carbocycles. The molecule has 0 amide bonds. The third-order valence-corrected chi connectivity index (χ3v) is 1.91. The van der Waals surface area contributed by atoms with Crippen LogP contribution in [0.2, 0.25) is 0 Å². The van der Waals surface area contributed by atoms with E-state index in [4.69, 9.17) is 10.1 Å². The Morgan fingerprint density at radius 2 is 1.92 bits per heavy atom. The topological polar surface area (TPSA) is 36.3 Å². The minimum Gasteiger partial charge on any atom is -0.385 e. The molecule has 0 heterocycles. The summed E-state index contributed by atoms with van der Waals surface area (Å²) in [4.78, 5) is 2.07. The Bertz CT molecular complexity index is 122. The van der Waals surface area contributed by atoms with Crippen LogP contribution in [0.1, 0.15) is 26.7 Å². The van der Waals surface area contributed by atoms with Gasteiger partial charge < -0.3 is 9.64 Å². The van der Waals surface area contributed by atoms with Gasteiger partial charge >= 0.3 is 0 Å². The van der Waals surface area contributed by atoms with Crippen molar-refractivity contribution in [2.75, 3.05) is 26.8 Å². The Labute approximate surface area is 75.2 Å². The fourth-order valence-electron chi connectivity index (χ4n) is 1.15. The van der Waals surface area contributed by atoms with E-state index in [1.807, 2.05) is 0 Å². The fraction of sp³-hybridized carbons (Fsp3) is 0.889. The number of amidine groups is 1. The lowest BCUT2D eigenvalue weighted by Crippen LogP contribution is -2.29. The Kier molecular flexibility index (Phi) is 6.76. The molecule has 0 aromatic heterocycles. The smallest absolute Gasteiger partial charge is 0.0958 e. The molecule has 1 N–H and O–H groups in total. The zero-order chi connectivity index (χ0) is 9.40. The van der Waals surface area contributed by atoms with E-state index in [9.17, 15) is 0 Å². The minimum absolute atomic E-state index is 0.733. The van der Waals surface area contributed by atoms with Crippen molar-refractivity contribution in [3.8, 4) is 0 Å². The first kappa shape index (κ1) is 11.4. The molecule has 12 heavy (non-hydrogen) atoms. The monoisotopic (exact) mass is 172 g/mol. The van der Waals surface area contributed by atoms with E-state index in [0.29, 0.717) is 0 Å². The Hall–Kier alpha value is -0.570. The molecule has 0 radical (unpaired) electrons. The average molecular weight is 172 g/mol. The first-order valence-corrected chi connectivity index (χ1v) is 4.57. The predicted octanol–water partition coefficient (Wildman–Crippen LogP) is 1.73. The fourth-order valence-corrected chi connectivity index (χ4v) is 1.15. The van der Waals surface area contributed by atoms with Crippen LogP contribution in [-0.2, 0) is 4.74 Å². The van der Waals surface area contributed by atoms with Crippen LogP contribution < -0.4 is 0 Å². The maximum Gasteiger partial charge on any atom is 0.0958 e. The summed E-state index contributed by atoms with van der Waals surface area (Å²) in [6.07, 6.45) is 1.78. The van der Waals surface area contributed by atoms with Crippen molar-refractivity contribution in [2.24, 2.45) is 0 Å². The maximum absolute atomic E-state index is 7.69. The summed E-state index contributed by atoms with van der Waals surface area (Å²) in [5.41, 5.74) is 0. The number of rotatable bonds is 6. The van der Waals surface area contributed by atoms with Crippen LogP contribution in [0.5, 0.6) is 0 Å². The van der Waals surface area contributed by atoms with Crippen LogP contribution in [0.4, 0.5) is 0 Å². The molecule has 72 valence electrons. The van der Waals surface area contributed by atoms with E-state index in [-0.39, 0.29) is 0 Å². The summed E-state index contributed by atoms with van der Waals surface area (Å²) < 4.78 is 4.92. The molecule has 3 heteroatoms. The van der Waals surface area contributed by atoms with Crippen LogP contribution in [-0.4, -0.2) is 37.5 Å². The standard InChI is InChI=1S/C9H20N2O/c1-4-11(5-2)9(10)7-6-8-12-3/h10H,4-8H2,1-3H3. The lowest BCUT2D eigenvalue weighted by Gasteiger charge is -2.21. The van der Waals surface area contributed by atoms with E-state index < -0.39 is 0 Å². The molecule has 0 saturated carbocycles. The molecule has 0 rings (SSSR count). The molecule has 0 bridgehead atoms. The second kappa shape index (κ2) is 7.10. The van der Waals surface area contributed by atoms with Crippen molar-refractivity contribution in [1.29, 1.82) is 5.41 Å². The van der Waals surface area contributed by atoms with Crippen molar-refractivity contribution in [1.82, 2.24) is 4.90 Å². The summed E-state index contributed by atoms with van der Waals surface area (Å²) in [6.45, 7) is 6.77. The van der Waals surface area contributed by atoms with Crippen molar-refractivity contribution in [3.63, 3.8) is 0 Å². The molecular weight excluding hydrogens is 152 g/mol. The van der Waals surface area contributed by atoms with Crippen LogP contribution in [0.25, 0.3) is 0 Å². The van der Waals surface area contributed by atoms with Crippen LogP contribution in [0.3, 0.4) is 0 Å². The average Bonchev–Trinajstić information content (AvgIpc) is 2.07. The quantitative estimate of drug-likeness (QED) is 0.376. The predicted molar refractivity (Wildman–Crippen MR) is 51.8 cm³/mol. The highest BCUT2D eigenvalue weighted by atomic mass is 16.5. The van der Waals surface area contributed by atoms with Gasteiger partial charge in [0.1, 0.15) is 0 Å². The molecule has 0 aliphatic carbocycles. The number of hydrogen-bond acceptors (Lipinski definition) is 2. The molecule has 0 aliphatic heterocycles. The first-order chi connectivity index (χ1) is 5.76. The van der Waals surface area contributed by atoms with Crippen molar-refractivity contribution >= 4 is 5.84 Å². The lowest BCUT2D eigenvalue weighted by molar-refractivity contribution is 0.195. The number of ether oxygens (including phenoxy) is 1. The van der Waals surface area contributed by atoms with Gasteiger partial charge in [0.15, 0.2) is 0 Å². The van der Waals surface area contributed by atoms with Gasteiger partial charge in [-0.15, -0.1) is 0 Å². The third-order valence-electron chi connectivity index (χ3n) is 1.91. The summed E-state index contributed by atoms with van der Waals surface area (Å²) in [6, 6.07) is 0. The van der Waals surface area contributed by atoms with Crippen LogP contribution >= 0.6 is 0 Å². The first-order valence-electron chi connectivity index (χ1n) is 4.57. The molecule has 0 fully saturated rings. The molecule has 0 spiro atoms. The van der Waals surface area contributed by atoms with Crippen molar-refractivity contribution in [3.05, 3.63) is 0 Å². The molecule has 0 aliphatic rings. The van der Waals surface area contributed by atoms with Gasteiger partial charge in [-0.2, -0.15) is 0 Å². The number of nitrogens with one attached hydrogen (secondary N) is 1.